The van der Waals surface area contributed by atoms with E-state index in [1.54, 1.807) is 6.07 Å². The Kier molecular flexibility index (Phi) is 2.71. The lowest BCUT2D eigenvalue weighted by molar-refractivity contribution is 0.0699. The third-order valence-electron chi connectivity index (χ3n) is 2.76. The molecule has 2 rings (SSSR count). The van der Waals surface area contributed by atoms with Crippen LogP contribution in [0.25, 0.3) is 10.9 Å². The molecule has 0 aliphatic carbocycles. The first-order valence-corrected chi connectivity index (χ1v) is 5.39. The summed E-state index contributed by atoms with van der Waals surface area (Å²) in [7, 11) is 0. The number of nitrogens with one attached hydrogen (secondary N) is 1. The summed E-state index contributed by atoms with van der Waals surface area (Å²) in [5.41, 5.74) is 1.25. The molecule has 0 saturated carbocycles. The molecule has 0 radical (unpaired) electrons. The molecular formula is C13H13NO3. The van der Waals surface area contributed by atoms with Crippen LogP contribution in [0.2, 0.25) is 0 Å². The molecule has 0 unspecified atom stereocenters. The van der Waals surface area contributed by atoms with Gasteiger partial charge >= 0.3 is 5.97 Å². The van der Waals surface area contributed by atoms with Crippen LogP contribution in [0.1, 0.15) is 35.7 Å². The minimum absolute atomic E-state index is 0.0475. The van der Waals surface area contributed by atoms with Crippen LogP contribution in [0.15, 0.2) is 29.1 Å². The Labute approximate surface area is 97.9 Å². The highest BCUT2D eigenvalue weighted by atomic mass is 16.4. The van der Waals surface area contributed by atoms with Gasteiger partial charge < -0.3 is 10.1 Å². The zero-order valence-electron chi connectivity index (χ0n) is 9.65. The van der Waals surface area contributed by atoms with Gasteiger partial charge in [0.05, 0.1) is 5.56 Å². The SMILES string of the molecule is CC(C)c1ccc2[nH]c(=O)cc(C(=O)O)c2c1. The quantitative estimate of drug-likeness (QED) is 0.833. The van der Waals surface area contributed by atoms with Crippen LogP contribution in [0, 0.1) is 0 Å². The molecule has 17 heavy (non-hydrogen) atoms. The highest BCUT2D eigenvalue weighted by Crippen LogP contribution is 2.21. The van der Waals surface area contributed by atoms with E-state index in [0.29, 0.717) is 16.8 Å². The molecule has 0 aliphatic heterocycles. The second-order valence-corrected chi connectivity index (χ2v) is 4.31. The van der Waals surface area contributed by atoms with E-state index in [9.17, 15) is 9.59 Å². The number of carboxylic acid groups (broad SMARTS) is 1. The maximum absolute atomic E-state index is 11.3. The molecule has 1 aromatic heterocycles. The van der Waals surface area contributed by atoms with Crippen molar-refractivity contribution in [3.05, 3.63) is 45.7 Å². The third-order valence-corrected chi connectivity index (χ3v) is 2.76. The number of H-pyrrole nitrogens is 1. The van der Waals surface area contributed by atoms with Crippen molar-refractivity contribution in [2.45, 2.75) is 19.8 Å². The van der Waals surface area contributed by atoms with Crippen molar-refractivity contribution in [3.63, 3.8) is 0 Å². The highest BCUT2D eigenvalue weighted by molar-refractivity contribution is 6.02. The number of carbonyl (C=O) groups is 1. The Hall–Kier alpha value is -2.10. The monoisotopic (exact) mass is 231 g/mol. The normalized spacial score (nSPS) is 11.0. The van der Waals surface area contributed by atoms with E-state index in [-0.39, 0.29) is 5.56 Å². The number of benzene rings is 1. The summed E-state index contributed by atoms with van der Waals surface area (Å²) in [6.07, 6.45) is 0. The Morgan fingerprint density at radius 3 is 2.59 bits per heavy atom. The van der Waals surface area contributed by atoms with Gasteiger partial charge in [-0.05, 0) is 23.6 Å². The van der Waals surface area contributed by atoms with Crippen molar-refractivity contribution in [1.29, 1.82) is 0 Å². The van der Waals surface area contributed by atoms with E-state index in [0.717, 1.165) is 11.6 Å². The first-order chi connectivity index (χ1) is 7.99. The van der Waals surface area contributed by atoms with Gasteiger partial charge in [0.1, 0.15) is 0 Å². The molecular weight excluding hydrogens is 218 g/mol. The van der Waals surface area contributed by atoms with Crippen molar-refractivity contribution in [1.82, 2.24) is 4.98 Å². The summed E-state index contributed by atoms with van der Waals surface area (Å²) in [5, 5.41) is 9.66. The third kappa shape index (κ3) is 2.06. The second kappa shape index (κ2) is 4.05. The number of pyridine rings is 1. The fraction of sp³-hybridized carbons (Fsp3) is 0.231. The maximum atomic E-state index is 11.3. The fourth-order valence-electron chi connectivity index (χ4n) is 1.81. The van der Waals surface area contributed by atoms with Crippen LogP contribution in [-0.2, 0) is 0 Å². The molecule has 2 N–H and O–H groups in total. The second-order valence-electron chi connectivity index (χ2n) is 4.31. The number of aromatic nitrogens is 1. The molecule has 2 aromatic rings. The number of fused-ring (bicyclic) bond motifs is 1. The van der Waals surface area contributed by atoms with Crippen molar-refractivity contribution in [2.24, 2.45) is 0 Å². The van der Waals surface area contributed by atoms with Crippen LogP contribution < -0.4 is 5.56 Å². The van der Waals surface area contributed by atoms with Gasteiger partial charge in [0.15, 0.2) is 0 Å². The summed E-state index contributed by atoms with van der Waals surface area (Å²) >= 11 is 0. The molecule has 1 heterocycles. The molecule has 0 atom stereocenters. The Morgan fingerprint density at radius 1 is 1.29 bits per heavy atom. The average molecular weight is 231 g/mol. The fourth-order valence-corrected chi connectivity index (χ4v) is 1.81. The van der Waals surface area contributed by atoms with Crippen LogP contribution in [0.4, 0.5) is 0 Å². The highest BCUT2D eigenvalue weighted by Gasteiger charge is 2.11. The molecule has 0 saturated heterocycles. The smallest absolute Gasteiger partial charge is 0.336 e. The molecule has 0 bridgehead atoms. The summed E-state index contributed by atoms with van der Waals surface area (Å²) in [6.45, 7) is 4.07. The van der Waals surface area contributed by atoms with Crippen LogP contribution in [-0.4, -0.2) is 16.1 Å². The van der Waals surface area contributed by atoms with Gasteiger partial charge in [-0.25, -0.2) is 4.79 Å². The van der Waals surface area contributed by atoms with E-state index in [4.69, 9.17) is 5.11 Å². The first-order valence-electron chi connectivity index (χ1n) is 5.39. The number of rotatable bonds is 2. The lowest BCUT2D eigenvalue weighted by Crippen LogP contribution is -2.10. The number of carboxylic acids is 1. The Balaban J connectivity index is 2.82. The number of aromatic amines is 1. The largest absolute Gasteiger partial charge is 0.478 e. The van der Waals surface area contributed by atoms with Crippen molar-refractivity contribution >= 4 is 16.9 Å². The van der Waals surface area contributed by atoms with E-state index < -0.39 is 11.5 Å². The van der Waals surface area contributed by atoms with Gasteiger partial charge in [-0.1, -0.05) is 19.9 Å². The van der Waals surface area contributed by atoms with Gasteiger partial charge in [0.25, 0.3) is 0 Å². The van der Waals surface area contributed by atoms with Crippen LogP contribution in [0.5, 0.6) is 0 Å². The van der Waals surface area contributed by atoms with Crippen molar-refractivity contribution in [2.75, 3.05) is 0 Å². The zero-order valence-corrected chi connectivity index (χ0v) is 9.65. The van der Waals surface area contributed by atoms with E-state index in [1.807, 2.05) is 26.0 Å². The molecule has 4 heteroatoms. The average Bonchev–Trinajstić information content (AvgIpc) is 2.26. The standard InChI is InChI=1S/C13H13NO3/c1-7(2)8-3-4-11-9(5-8)10(13(16)17)6-12(15)14-11/h3-7H,1-2H3,(H,14,15)(H,16,17). The summed E-state index contributed by atoms with van der Waals surface area (Å²) in [4.78, 5) is 25.0. The van der Waals surface area contributed by atoms with Gasteiger partial charge in [-0.15, -0.1) is 0 Å². The lowest BCUT2D eigenvalue weighted by atomic mass is 9.99. The first kappa shape index (κ1) is 11.4. The van der Waals surface area contributed by atoms with E-state index in [2.05, 4.69) is 4.98 Å². The molecule has 0 fully saturated rings. The van der Waals surface area contributed by atoms with E-state index >= 15 is 0 Å². The zero-order chi connectivity index (χ0) is 12.6. The maximum Gasteiger partial charge on any atom is 0.336 e. The topological polar surface area (TPSA) is 70.2 Å². The van der Waals surface area contributed by atoms with Gasteiger partial charge in [0.2, 0.25) is 5.56 Å². The molecule has 88 valence electrons. The van der Waals surface area contributed by atoms with Crippen molar-refractivity contribution < 1.29 is 9.90 Å². The molecule has 0 aliphatic rings. The molecule has 1 aromatic carbocycles. The predicted octanol–water partition coefficient (Wildman–Crippen LogP) is 2.35. The lowest BCUT2D eigenvalue weighted by Gasteiger charge is -2.08. The van der Waals surface area contributed by atoms with Gasteiger partial charge in [-0.3, -0.25) is 4.79 Å². The minimum Gasteiger partial charge on any atom is -0.478 e. The number of hydrogen-bond donors (Lipinski definition) is 2. The van der Waals surface area contributed by atoms with E-state index in [1.165, 1.54) is 0 Å². The summed E-state index contributed by atoms with van der Waals surface area (Å²) < 4.78 is 0. The molecule has 0 spiro atoms. The van der Waals surface area contributed by atoms with Gasteiger partial charge in [-0.2, -0.15) is 0 Å². The molecule has 4 nitrogen and oxygen atoms in total. The van der Waals surface area contributed by atoms with Gasteiger partial charge in [0, 0.05) is 17.0 Å². The Bertz CT molecular complexity index is 641. The Morgan fingerprint density at radius 2 is 2.00 bits per heavy atom. The number of hydrogen-bond acceptors (Lipinski definition) is 2. The summed E-state index contributed by atoms with van der Waals surface area (Å²) in [5.74, 6) is -0.769. The minimum atomic E-state index is -1.08. The number of aromatic carboxylic acids is 1. The van der Waals surface area contributed by atoms with Crippen molar-refractivity contribution in [3.8, 4) is 0 Å². The van der Waals surface area contributed by atoms with Crippen LogP contribution in [0.3, 0.4) is 0 Å². The summed E-state index contributed by atoms with van der Waals surface area (Å²) in [6, 6.07) is 6.58. The van der Waals surface area contributed by atoms with Crippen LogP contribution >= 0.6 is 0 Å². The predicted molar refractivity (Wildman–Crippen MR) is 65.6 cm³/mol. The molecule has 0 amide bonds.